The van der Waals surface area contributed by atoms with Gasteiger partial charge in [-0.2, -0.15) is 0 Å². The molecule has 7 heteroatoms. The molecule has 178 valence electrons. The maximum atomic E-state index is 13.5. The lowest BCUT2D eigenvalue weighted by molar-refractivity contribution is -0.120. The molecule has 0 radical (unpaired) electrons. The summed E-state index contributed by atoms with van der Waals surface area (Å²) in [6.45, 7) is 0.268. The van der Waals surface area contributed by atoms with Gasteiger partial charge in [-0.25, -0.2) is 0 Å². The molecule has 0 bridgehead atoms. The number of aryl methyl sites for hydroxylation is 1. The average Bonchev–Trinajstić information content (AvgIpc) is 2.99. The lowest BCUT2D eigenvalue weighted by Gasteiger charge is -2.22. The van der Waals surface area contributed by atoms with E-state index in [0.29, 0.717) is 29.0 Å². The Balaban J connectivity index is 1.58. The summed E-state index contributed by atoms with van der Waals surface area (Å²) in [6, 6.07) is 15.9. The Hall–Kier alpha value is -4.15. The summed E-state index contributed by atoms with van der Waals surface area (Å²) in [5.74, 6) is 5.08. The Bertz CT molecular complexity index is 1410. The zero-order valence-corrected chi connectivity index (χ0v) is 19.4. The van der Waals surface area contributed by atoms with Crippen LogP contribution in [0, 0.1) is 11.8 Å². The molecular weight excluding hydrogens is 442 g/mol. The molecule has 1 aliphatic heterocycles. The number of carbonyl (C=O) groups excluding carboxylic acids is 2. The smallest absolute Gasteiger partial charge is 0.270 e. The van der Waals surface area contributed by atoms with Crippen molar-refractivity contribution in [2.45, 2.75) is 38.3 Å². The van der Waals surface area contributed by atoms with Crippen LogP contribution in [0.25, 0.3) is 0 Å². The largest absolute Gasteiger partial charge is 0.457 e. The fraction of sp³-hybridized carbons (Fsp3) is 0.250. The van der Waals surface area contributed by atoms with Crippen molar-refractivity contribution >= 4 is 17.5 Å². The summed E-state index contributed by atoms with van der Waals surface area (Å²) >= 11 is 0. The third-order valence-electron chi connectivity index (χ3n) is 5.31. The fourth-order valence-electron chi connectivity index (χ4n) is 3.57. The van der Waals surface area contributed by atoms with Gasteiger partial charge in [-0.1, -0.05) is 36.1 Å². The molecule has 3 aromatic rings. The minimum atomic E-state index is -2.80. The van der Waals surface area contributed by atoms with Crippen LogP contribution in [0.4, 0.5) is 5.69 Å². The molecule has 0 saturated heterocycles. The summed E-state index contributed by atoms with van der Waals surface area (Å²) in [4.78, 5) is 31.4. The molecule has 2 heterocycles. The van der Waals surface area contributed by atoms with Crippen molar-refractivity contribution in [3.63, 3.8) is 0 Å². The monoisotopic (exact) mass is 472 g/mol. The van der Waals surface area contributed by atoms with Crippen LogP contribution in [0.15, 0.2) is 66.9 Å². The number of pyridine rings is 1. The first-order chi connectivity index (χ1) is 17.9. The third kappa shape index (κ3) is 6.05. The van der Waals surface area contributed by atoms with Crippen LogP contribution in [0.1, 0.15) is 46.0 Å². The van der Waals surface area contributed by atoms with E-state index in [0.717, 1.165) is 4.90 Å². The number of hydrogen-bond acceptors (Lipinski definition) is 5. The minimum absolute atomic E-state index is 0.0256. The van der Waals surface area contributed by atoms with Gasteiger partial charge in [0.15, 0.2) is 0 Å². The van der Waals surface area contributed by atoms with Crippen LogP contribution in [0.5, 0.6) is 11.5 Å². The van der Waals surface area contributed by atoms with Crippen LogP contribution < -0.4 is 15.0 Å². The van der Waals surface area contributed by atoms with Gasteiger partial charge in [0.2, 0.25) is 5.91 Å². The number of aliphatic hydroxyl groups is 1. The van der Waals surface area contributed by atoms with Gasteiger partial charge >= 0.3 is 0 Å². The van der Waals surface area contributed by atoms with E-state index in [-0.39, 0.29) is 17.8 Å². The molecule has 35 heavy (non-hydrogen) atoms. The van der Waals surface area contributed by atoms with Crippen molar-refractivity contribution in [2.75, 3.05) is 11.9 Å². The number of amides is 2. The van der Waals surface area contributed by atoms with E-state index >= 15 is 0 Å². The van der Waals surface area contributed by atoms with Crippen LogP contribution >= 0.6 is 0 Å². The van der Waals surface area contributed by atoms with E-state index in [9.17, 15) is 14.7 Å². The standard InChI is InChI=1S/C28H27N3O4/c1-28(2,34)15-13-19-9-10-20-11-12-23(27(33)31(3)25(20)17-19)30-26(32)24-18-22(14-16-29-24)35-21-7-5-4-6-8-21/h4-10,14,16-18,23,34H,11-12H2,1-3H3,(H,30,32)/t23-/m1/s1/i3D3. The second-order valence-corrected chi connectivity index (χ2v) is 8.68. The van der Waals surface area contributed by atoms with Gasteiger partial charge in [-0.15, -0.1) is 0 Å². The summed E-state index contributed by atoms with van der Waals surface area (Å²) in [5, 5.41) is 12.6. The van der Waals surface area contributed by atoms with Crippen molar-refractivity contribution in [2.24, 2.45) is 0 Å². The molecule has 1 aliphatic rings. The van der Waals surface area contributed by atoms with Gasteiger partial charge in [0, 0.05) is 34.6 Å². The molecule has 1 aromatic heterocycles. The quantitative estimate of drug-likeness (QED) is 0.565. The molecule has 2 aromatic carbocycles. The van der Waals surface area contributed by atoms with Crippen molar-refractivity contribution in [3.8, 4) is 23.3 Å². The minimum Gasteiger partial charge on any atom is -0.457 e. The van der Waals surface area contributed by atoms with Crippen molar-refractivity contribution < 1.29 is 23.5 Å². The van der Waals surface area contributed by atoms with Gasteiger partial charge in [0.05, 0.1) is 0 Å². The molecule has 0 aliphatic carbocycles. The second kappa shape index (κ2) is 10.00. The lowest BCUT2D eigenvalue weighted by Crippen LogP contribution is -2.46. The van der Waals surface area contributed by atoms with E-state index in [1.807, 2.05) is 18.2 Å². The number of likely N-dealkylation sites (N-methyl/N-ethyl adjacent to an activating group) is 1. The summed E-state index contributed by atoms with van der Waals surface area (Å²) in [6.07, 6.45) is 1.96. The van der Waals surface area contributed by atoms with Crippen LogP contribution in [-0.2, 0) is 11.2 Å². The van der Waals surface area contributed by atoms with Gasteiger partial charge in [0.1, 0.15) is 28.8 Å². The normalized spacial score (nSPS) is 17.0. The average molecular weight is 473 g/mol. The number of anilines is 1. The van der Waals surface area contributed by atoms with Crippen molar-refractivity contribution in [3.05, 3.63) is 83.7 Å². The first kappa shape index (κ1) is 20.2. The van der Waals surface area contributed by atoms with Crippen molar-refractivity contribution in [1.29, 1.82) is 0 Å². The molecule has 2 N–H and O–H groups in total. The van der Waals surface area contributed by atoms with E-state index in [2.05, 4.69) is 22.1 Å². The van der Waals surface area contributed by atoms with Gasteiger partial charge in [-0.3, -0.25) is 14.6 Å². The first-order valence-corrected chi connectivity index (χ1v) is 11.1. The third-order valence-corrected chi connectivity index (χ3v) is 5.31. The summed E-state index contributed by atoms with van der Waals surface area (Å²) in [7, 11) is 0. The molecule has 7 nitrogen and oxygen atoms in total. The summed E-state index contributed by atoms with van der Waals surface area (Å²) in [5.41, 5.74) is 0.0775. The second-order valence-electron chi connectivity index (χ2n) is 8.68. The molecule has 0 unspecified atom stereocenters. The number of para-hydroxylation sites is 1. The van der Waals surface area contributed by atoms with Crippen LogP contribution in [0.2, 0.25) is 0 Å². The predicted molar refractivity (Wildman–Crippen MR) is 133 cm³/mol. The highest BCUT2D eigenvalue weighted by molar-refractivity contribution is 6.02. The maximum Gasteiger partial charge on any atom is 0.270 e. The number of hydrogen-bond donors (Lipinski definition) is 2. The number of carbonyl (C=O) groups is 2. The van der Waals surface area contributed by atoms with E-state index in [1.54, 1.807) is 30.3 Å². The molecule has 0 spiro atoms. The number of nitrogens with zero attached hydrogens (tertiary/aromatic N) is 2. The highest BCUT2D eigenvalue weighted by Gasteiger charge is 2.30. The zero-order valence-electron chi connectivity index (χ0n) is 22.4. The van der Waals surface area contributed by atoms with Gasteiger partial charge in [-0.05, 0) is 62.6 Å². The molecule has 0 saturated carbocycles. The number of fused-ring (bicyclic) bond motifs is 1. The molecule has 4 rings (SSSR count). The Morgan fingerprint density at radius 2 is 2.00 bits per heavy atom. The van der Waals surface area contributed by atoms with E-state index < -0.39 is 30.4 Å². The lowest BCUT2D eigenvalue weighted by atomic mass is 10.0. The summed E-state index contributed by atoms with van der Waals surface area (Å²) < 4.78 is 29.9. The number of benzene rings is 2. The predicted octanol–water partition coefficient (Wildman–Crippen LogP) is 3.70. The topological polar surface area (TPSA) is 91.8 Å². The SMILES string of the molecule is [2H]C([2H])([2H])N1C(=O)[C@H](NC(=O)c2cc(Oc3ccccc3)ccn2)CCc2ccc(C#CC(C)(C)O)cc21. The van der Waals surface area contributed by atoms with Gasteiger partial charge in [0.25, 0.3) is 5.91 Å². The molecule has 0 fully saturated rings. The Morgan fingerprint density at radius 1 is 1.20 bits per heavy atom. The first-order valence-electron chi connectivity index (χ1n) is 12.6. The maximum absolute atomic E-state index is 13.5. The van der Waals surface area contributed by atoms with E-state index in [1.165, 1.54) is 32.2 Å². The van der Waals surface area contributed by atoms with Gasteiger partial charge < -0.3 is 20.1 Å². The molecule has 1 atom stereocenters. The number of rotatable bonds is 4. The Labute approximate surface area is 209 Å². The fourth-order valence-corrected chi connectivity index (χ4v) is 3.57. The van der Waals surface area contributed by atoms with E-state index in [4.69, 9.17) is 8.85 Å². The van der Waals surface area contributed by atoms with Crippen LogP contribution in [0.3, 0.4) is 0 Å². The number of ether oxygens (including phenoxy) is 1. The van der Waals surface area contributed by atoms with Crippen LogP contribution in [-0.4, -0.2) is 40.5 Å². The Morgan fingerprint density at radius 3 is 2.74 bits per heavy atom. The Kier molecular flexibility index (Phi) is 5.78. The van der Waals surface area contributed by atoms with Crippen molar-refractivity contribution in [1.82, 2.24) is 10.3 Å². The highest BCUT2D eigenvalue weighted by atomic mass is 16.5. The number of nitrogens with one attached hydrogen (secondary N) is 1. The molecule has 2 amide bonds. The number of aromatic nitrogens is 1. The molecular formula is C28H27N3O4. The zero-order chi connectivity index (χ0) is 27.5. The highest BCUT2D eigenvalue weighted by Crippen LogP contribution is 2.28.